The Morgan fingerprint density at radius 2 is 1.71 bits per heavy atom. The third-order valence-corrected chi connectivity index (χ3v) is 4.94. The first-order valence-electron chi connectivity index (χ1n) is 7.50. The lowest BCUT2D eigenvalue weighted by Crippen LogP contribution is -2.42. The summed E-state index contributed by atoms with van der Waals surface area (Å²) in [4.78, 5) is 0.849. The van der Waals surface area contributed by atoms with Crippen LogP contribution in [0.5, 0.6) is 0 Å². The summed E-state index contributed by atoms with van der Waals surface area (Å²) in [7, 11) is -0.933. The van der Waals surface area contributed by atoms with E-state index in [0.29, 0.717) is 0 Å². The first-order chi connectivity index (χ1) is 9.65. The van der Waals surface area contributed by atoms with E-state index in [-0.39, 0.29) is 23.5 Å². The molecule has 0 saturated heterocycles. The van der Waals surface area contributed by atoms with E-state index in [1.807, 2.05) is 38.1 Å². The van der Waals surface area contributed by atoms with E-state index in [4.69, 9.17) is 0 Å². The van der Waals surface area contributed by atoms with Crippen molar-refractivity contribution in [3.8, 4) is 0 Å². The Morgan fingerprint density at radius 3 is 2.14 bits per heavy atom. The Hall–Kier alpha value is -0.710. The average Bonchev–Trinajstić information content (AvgIpc) is 2.43. The summed E-state index contributed by atoms with van der Waals surface area (Å²) in [5.41, 5.74) is 0.992. The Kier molecular flexibility index (Phi) is 6.57. The Bertz CT molecular complexity index is 468. The monoisotopic (exact) mass is 311 g/mol. The molecule has 0 fully saturated rings. The average molecular weight is 311 g/mol. The summed E-state index contributed by atoms with van der Waals surface area (Å²) in [5.74, 6) is 0.246. The van der Waals surface area contributed by atoms with E-state index in [1.54, 1.807) is 6.26 Å². The molecule has 0 aromatic heterocycles. The van der Waals surface area contributed by atoms with Crippen LogP contribution in [0.25, 0.3) is 0 Å². The van der Waals surface area contributed by atoms with Crippen molar-refractivity contribution in [3.05, 3.63) is 29.8 Å². The number of rotatable bonds is 7. The van der Waals surface area contributed by atoms with Gasteiger partial charge < -0.3 is 10.4 Å². The second-order valence-electron chi connectivity index (χ2n) is 6.80. The summed E-state index contributed by atoms with van der Waals surface area (Å²) in [6.07, 6.45) is 1.36. The van der Waals surface area contributed by atoms with Crippen LogP contribution in [-0.4, -0.2) is 28.2 Å². The van der Waals surface area contributed by atoms with Gasteiger partial charge in [-0.15, -0.1) is 0 Å². The van der Waals surface area contributed by atoms with E-state index in [2.05, 4.69) is 26.1 Å². The molecule has 0 bridgehead atoms. The highest BCUT2D eigenvalue weighted by atomic mass is 32.2. The van der Waals surface area contributed by atoms with Gasteiger partial charge in [-0.2, -0.15) is 0 Å². The fraction of sp³-hybridized carbons (Fsp3) is 0.647. The SMILES string of the molecule is CC(NCC(C)(C)C(O)C(C)C)c1ccc(S(C)=O)cc1. The van der Waals surface area contributed by atoms with Gasteiger partial charge in [0.25, 0.3) is 0 Å². The molecular formula is C17H29NO2S. The highest BCUT2D eigenvalue weighted by molar-refractivity contribution is 7.84. The lowest BCUT2D eigenvalue weighted by molar-refractivity contribution is 0.0124. The van der Waals surface area contributed by atoms with Crippen molar-refractivity contribution < 1.29 is 9.32 Å². The van der Waals surface area contributed by atoms with Gasteiger partial charge in [0.15, 0.2) is 0 Å². The molecule has 0 saturated carbocycles. The minimum Gasteiger partial charge on any atom is -0.392 e. The van der Waals surface area contributed by atoms with Crippen LogP contribution < -0.4 is 5.32 Å². The minimum absolute atomic E-state index is 0.173. The maximum atomic E-state index is 11.4. The largest absolute Gasteiger partial charge is 0.392 e. The number of nitrogens with one attached hydrogen (secondary N) is 1. The van der Waals surface area contributed by atoms with Crippen molar-refractivity contribution in [2.24, 2.45) is 11.3 Å². The van der Waals surface area contributed by atoms with Crippen LogP contribution >= 0.6 is 0 Å². The van der Waals surface area contributed by atoms with E-state index >= 15 is 0 Å². The Morgan fingerprint density at radius 1 is 1.19 bits per heavy atom. The van der Waals surface area contributed by atoms with Crippen LogP contribution in [0.3, 0.4) is 0 Å². The lowest BCUT2D eigenvalue weighted by atomic mass is 9.80. The predicted molar refractivity (Wildman–Crippen MR) is 89.8 cm³/mol. The third kappa shape index (κ3) is 5.20. The van der Waals surface area contributed by atoms with Gasteiger partial charge in [0, 0.05) is 40.0 Å². The molecule has 1 rings (SSSR count). The zero-order valence-corrected chi connectivity index (χ0v) is 14.8. The first-order valence-corrected chi connectivity index (χ1v) is 9.06. The number of aliphatic hydroxyl groups is 1. The molecule has 0 aliphatic heterocycles. The number of hydrogen-bond donors (Lipinski definition) is 2. The molecule has 0 heterocycles. The molecule has 0 aliphatic rings. The predicted octanol–water partition coefficient (Wildman–Crippen LogP) is 3.12. The zero-order valence-electron chi connectivity index (χ0n) is 14.0. The number of hydrogen-bond acceptors (Lipinski definition) is 3. The van der Waals surface area contributed by atoms with Crippen molar-refractivity contribution in [2.75, 3.05) is 12.8 Å². The summed E-state index contributed by atoms with van der Waals surface area (Å²) in [5, 5.41) is 13.7. The minimum atomic E-state index is -0.933. The topological polar surface area (TPSA) is 49.3 Å². The molecule has 2 N–H and O–H groups in total. The van der Waals surface area contributed by atoms with Gasteiger partial charge in [-0.05, 0) is 30.5 Å². The standard InChI is InChI=1S/C17H29NO2S/c1-12(2)16(19)17(4,5)11-18-13(3)14-7-9-15(10-8-14)21(6)20/h7-10,12-13,16,18-19H,11H2,1-6H3. The summed E-state index contributed by atoms with van der Waals surface area (Å²) in [6.45, 7) is 11.1. The van der Waals surface area contributed by atoms with E-state index in [1.165, 1.54) is 5.56 Å². The number of benzene rings is 1. The summed E-state index contributed by atoms with van der Waals surface area (Å²) >= 11 is 0. The van der Waals surface area contributed by atoms with Crippen LogP contribution in [0.1, 0.15) is 46.2 Å². The maximum Gasteiger partial charge on any atom is 0.0626 e. The molecule has 21 heavy (non-hydrogen) atoms. The molecule has 1 aromatic carbocycles. The lowest BCUT2D eigenvalue weighted by Gasteiger charge is -2.34. The van der Waals surface area contributed by atoms with Gasteiger partial charge in [-0.3, -0.25) is 4.21 Å². The van der Waals surface area contributed by atoms with Gasteiger partial charge in [0.05, 0.1) is 6.10 Å². The quantitative estimate of drug-likeness (QED) is 0.813. The zero-order chi connectivity index (χ0) is 16.2. The molecule has 1 aromatic rings. The summed E-state index contributed by atoms with van der Waals surface area (Å²) < 4.78 is 11.4. The Labute approximate surface area is 131 Å². The fourth-order valence-corrected chi connectivity index (χ4v) is 3.01. The molecule has 0 radical (unpaired) electrons. The van der Waals surface area contributed by atoms with Crippen LogP contribution in [0.2, 0.25) is 0 Å². The first kappa shape index (κ1) is 18.3. The molecule has 0 spiro atoms. The van der Waals surface area contributed by atoms with Crippen LogP contribution in [0, 0.1) is 11.3 Å². The van der Waals surface area contributed by atoms with Crippen molar-refractivity contribution in [3.63, 3.8) is 0 Å². The van der Waals surface area contributed by atoms with Gasteiger partial charge in [0.2, 0.25) is 0 Å². The molecule has 3 nitrogen and oxygen atoms in total. The number of aliphatic hydroxyl groups excluding tert-OH is 1. The molecule has 0 aliphatic carbocycles. The maximum absolute atomic E-state index is 11.4. The van der Waals surface area contributed by atoms with Crippen molar-refractivity contribution in [1.29, 1.82) is 0 Å². The molecular weight excluding hydrogens is 282 g/mol. The van der Waals surface area contributed by atoms with Crippen LogP contribution in [0.15, 0.2) is 29.2 Å². The van der Waals surface area contributed by atoms with Crippen molar-refractivity contribution >= 4 is 10.8 Å². The second-order valence-corrected chi connectivity index (χ2v) is 8.18. The van der Waals surface area contributed by atoms with E-state index < -0.39 is 10.8 Å². The second kappa shape index (κ2) is 7.52. The highest BCUT2D eigenvalue weighted by Gasteiger charge is 2.30. The van der Waals surface area contributed by atoms with E-state index in [9.17, 15) is 9.32 Å². The van der Waals surface area contributed by atoms with Crippen LogP contribution in [-0.2, 0) is 10.8 Å². The van der Waals surface area contributed by atoms with Crippen molar-refractivity contribution in [1.82, 2.24) is 5.32 Å². The van der Waals surface area contributed by atoms with Gasteiger partial charge >= 0.3 is 0 Å². The molecule has 0 amide bonds. The third-order valence-electron chi connectivity index (χ3n) is 4.01. The normalized spacial score (nSPS) is 16.8. The van der Waals surface area contributed by atoms with Gasteiger partial charge in [-0.1, -0.05) is 39.8 Å². The molecule has 120 valence electrons. The van der Waals surface area contributed by atoms with Gasteiger partial charge in [-0.25, -0.2) is 0 Å². The molecule has 4 heteroatoms. The highest BCUT2D eigenvalue weighted by Crippen LogP contribution is 2.26. The van der Waals surface area contributed by atoms with E-state index in [0.717, 1.165) is 11.4 Å². The fourth-order valence-electron chi connectivity index (χ4n) is 2.49. The summed E-state index contributed by atoms with van der Waals surface area (Å²) in [6, 6.07) is 8.05. The van der Waals surface area contributed by atoms with Crippen LogP contribution in [0.4, 0.5) is 0 Å². The Balaban J connectivity index is 2.65. The molecule has 3 atom stereocenters. The smallest absolute Gasteiger partial charge is 0.0626 e. The van der Waals surface area contributed by atoms with Crippen molar-refractivity contribution in [2.45, 2.75) is 51.7 Å². The molecule has 3 unspecified atom stereocenters. The van der Waals surface area contributed by atoms with Gasteiger partial charge in [0.1, 0.15) is 0 Å².